The van der Waals surface area contributed by atoms with Crippen molar-refractivity contribution in [3.05, 3.63) is 12.0 Å². The van der Waals surface area contributed by atoms with Gasteiger partial charge in [0.2, 0.25) is 0 Å². The van der Waals surface area contributed by atoms with E-state index in [-0.39, 0.29) is 0 Å². The van der Waals surface area contributed by atoms with E-state index in [1.54, 1.807) is 6.33 Å². The fourth-order valence-electron chi connectivity index (χ4n) is 2.53. The molecule has 0 saturated carbocycles. The average molecular weight is 263 g/mol. The molecule has 2 aromatic heterocycles. The van der Waals surface area contributed by atoms with Crippen LogP contribution in [0.4, 0.5) is 5.82 Å². The number of nitrogens with one attached hydrogen (secondary N) is 1. The number of anilines is 1. The SMILES string of the molecule is CCC1CNCCN1c1ncnc2snc(C)c12. The Bertz CT molecular complexity index is 552. The Balaban J connectivity index is 2.09. The van der Waals surface area contributed by atoms with Gasteiger partial charge in [-0.2, -0.15) is 4.37 Å². The molecule has 0 amide bonds. The summed E-state index contributed by atoms with van der Waals surface area (Å²) in [6, 6.07) is 0.510. The zero-order valence-corrected chi connectivity index (χ0v) is 11.5. The second-order valence-electron chi connectivity index (χ2n) is 4.61. The standard InChI is InChI=1S/C12H17N5S/c1-3-9-6-13-4-5-17(9)11-10-8(2)16-18-12(10)15-7-14-11/h7,9,13H,3-6H2,1-2H3. The van der Waals surface area contributed by atoms with Crippen LogP contribution in [0.15, 0.2) is 6.33 Å². The van der Waals surface area contributed by atoms with Gasteiger partial charge in [0.1, 0.15) is 17.0 Å². The van der Waals surface area contributed by atoms with E-state index in [4.69, 9.17) is 0 Å². The maximum Gasteiger partial charge on any atom is 0.149 e. The molecule has 1 unspecified atom stereocenters. The molecule has 1 saturated heterocycles. The molecule has 0 spiro atoms. The first-order chi connectivity index (χ1) is 8.81. The van der Waals surface area contributed by atoms with E-state index in [2.05, 4.69) is 31.5 Å². The van der Waals surface area contributed by atoms with Crippen LogP contribution >= 0.6 is 11.5 Å². The highest BCUT2D eigenvalue weighted by molar-refractivity contribution is 7.13. The molecule has 3 heterocycles. The van der Waals surface area contributed by atoms with Gasteiger partial charge in [-0.3, -0.25) is 0 Å². The van der Waals surface area contributed by atoms with Crippen LogP contribution in [-0.2, 0) is 0 Å². The van der Waals surface area contributed by atoms with Crippen LogP contribution in [0.3, 0.4) is 0 Å². The van der Waals surface area contributed by atoms with Gasteiger partial charge in [-0.1, -0.05) is 6.92 Å². The van der Waals surface area contributed by atoms with E-state index in [1.807, 2.05) is 6.92 Å². The fourth-order valence-corrected chi connectivity index (χ4v) is 3.27. The molecule has 5 nitrogen and oxygen atoms in total. The lowest BCUT2D eigenvalue weighted by Gasteiger charge is -2.36. The van der Waals surface area contributed by atoms with E-state index in [0.29, 0.717) is 6.04 Å². The smallest absolute Gasteiger partial charge is 0.149 e. The molecule has 1 atom stereocenters. The summed E-state index contributed by atoms with van der Waals surface area (Å²) in [6.45, 7) is 7.30. The number of piperazine rings is 1. The van der Waals surface area contributed by atoms with Gasteiger partial charge in [0.05, 0.1) is 11.1 Å². The van der Waals surface area contributed by atoms with Crippen LogP contribution in [0, 0.1) is 6.92 Å². The van der Waals surface area contributed by atoms with E-state index >= 15 is 0 Å². The Morgan fingerprint density at radius 2 is 2.39 bits per heavy atom. The van der Waals surface area contributed by atoms with Gasteiger partial charge < -0.3 is 10.2 Å². The van der Waals surface area contributed by atoms with Crippen LogP contribution in [0.1, 0.15) is 19.0 Å². The number of hydrogen-bond donors (Lipinski definition) is 1. The molecule has 6 heteroatoms. The lowest BCUT2D eigenvalue weighted by Crippen LogP contribution is -2.51. The highest BCUT2D eigenvalue weighted by atomic mass is 32.1. The largest absolute Gasteiger partial charge is 0.350 e. The first kappa shape index (κ1) is 11.8. The monoisotopic (exact) mass is 263 g/mol. The predicted octanol–water partition coefficient (Wildman–Crippen LogP) is 1.58. The summed E-state index contributed by atoms with van der Waals surface area (Å²) in [6.07, 6.45) is 2.78. The number of aromatic nitrogens is 3. The maximum absolute atomic E-state index is 4.52. The summed E-state index contributed by atoms with van der Waals surface area (Å²) in [5, 5.41) is 4.57. The van der Waals surface area contributed by atoms with Crippen molar-refractivity contribution in [2.75, 3.05) is 24.5 Å². The van der Waals surface area contributed by atoms with Crippen molar-refractivity contribution in [2.24, 2.45) is 0 Å². The first-order valence-corrected chi connectivity index (χ1v) is 7.13. The molecule has 1 fully saturated rings. The summed E-state index contributed by atoms with van der Waals surface area (Å²) < 4.78 is 4.40. The fraction of sp³-hybridized carbons (Fsp3) is 0.583. The van der Waals surface area contributed by atoms with Gasteiger partial charge in [0.25, 0.3) is 0 Å². The zero-order chi connectivity index (χ0) is 12.5. The van der Waals surface area contributed by atoms with Gasteiger partial charge in [0.15, 0.2) is 0 Å². The lowest BCUT2D eigenvalue weighted by atomic mass is 10.1. The summed E-state index contributed by atoms with van der Waals surface area (Å²) in [5.74, 6) is 1.06. The molecule has 0 aliphatic carbocycles. The topological polar surface area (TPSA) is 53.9 Å². The summed E-state index contributed by atoms with van der Waals surface area (Å²) >= 11 is 1.46. The molecule has 1 N–H and O–H groups in total. The minimum Gasteiger partial charge on any atom is -0.350 e. The molecule has 18 heavy (non-hydrogen) atoms. The van der Waals surface area contributed by atoms with E-state index < -0.39 is 0 Å². The van der Waals surface area contributed by atoms with Crippen LogP contribution in [0.2, 0.25) is 0 Å². The Labute approximate surface area is 110 Å². The predicted molar refractivity (Wildman–Crippen MR) is 74.2 cm³/mol. The highest BCUT2D eigenvalue weighted by Gasteiger charge is 2.24. The van der Waals surface area contributed by atoms with Gasteiger partial charge in [-0.05, 0) is 24.9 Å². The second-order valence-corrected chi connectivity index (χ2v) is 5.36. The number of aryl methyl sites for hydroxylation is 1. The van der Waals surface area contributed by atoms with Crippen molar-refractivity contribution in [3.8, 4) is 0 Å². The van der Waals surface area contributed by atoms with Crippen LogP contribution in [-0.4, -0.2) is 40.0 Å². The number of rotatable bonds is 2. The normalized spacial score (nSPS) is 20.6. The molecular weight excluding hydrogens is 246 g/mol. The van der Waals surface area contributed by atoms with E-state index in [9.17, 15) is 0 Å². The van der Waals surface area contributed by atoms with Crippen LogP contribution in [0.25, 0.3) is 10.2 Å². The van der Waals surface area contributed by atoms with Crippen LogP contribution in [0.5, 0.6) is 0 Å². The average Bonchev–Trinajstić information content (AvgIpc) is 2.81. The van der Waals surface area contributed by atoms with Crippen molar-refractivity contribution in [3.63, 3.8) is 0 Å². The van der Waals surface area contributed by atoms with Crippen LogP contribution < -0.4 is 10.2 Å². The molecule has 0 bridgehead atoms. The Morgan fingerprint density at radius 1 is 1.50 bits per heavy atom. The van der Waals surface area contributed by atoms with Gasteiger partial charge in [-0.25, -0.2) is 9.97 Å². The molecular formula is C12H17N5S. The van der Waals surface area contributed by atoms with Gasteiger partial charge in [-0.15, -0.1) is 0 Å². The van der Waals surface area contributed by atoms with Crippen molar-refractivity contribution in [1.82, 2.24) is 19.7 Å². The van der Waals surface area contributed by atoms with Gasteiger partial charge >= 0.3 is 0 Å². The third-order valence-corrected chi connectivity index (χ3v) is 4.36. The Hall–Kier alpha value is -1.27. The molecule has 1 aliphatic heterocycles. The molecule has 96 valence electrons. The molecule has 2 aromatic rings. The molecule has 0 radical (unpaired) electrons. The number of fused-ring (bicyclic) bond motifs is 1. The third kappa shape index (κ3) is 1.85. The minimum absolute atomic E-state index is 0.510. The van der Waals surface area contributed by atoms with Gasteiger partial charge in [0, 0.05) is 25.7 Å². The maximum atomic E-state index is 4.52. The zero-order valence-electron chi connectivity index (χ0n) is 10.7. The highest BCUT2D eigenvalue weighted by Crippen LogP contribution is 2.30. The quantitative estimate of drug-likeness (QED) is 0.891. The Morgan fingerprint density at radius 3 is 3.22 bits per heavy atom. The van der Waals surface area contributed by atoms with Crippen molar-refractivity contribution in [2.45, 2.75) is 26.3 Å². The second kappa shape index (κ2) is 4.78. The summed E-state index contributed by atoms with van der Waals surface area (Å²) in [7, 11) is 0. The number of hydrogen-bond acceptors (Lipinski definition) is 6. The Kier molecular flexibility index (Phi) is 3.13. The van der Waals surface area contributed by atoms with Crippen molar-refractivity contribution >= 4 is 27.6 Å². The van der Waals surface area contributed by atoms with E-state index in [1.165, 1.54) is 11.5 Å². The summed E-state index contributed by atoms with van der Waals surface area (Å²) in [4.78, 5) is 12.2. The molecule has 3 rings (SSSR count). The third-order valence-electron chi connectivity index (χ3n) is 3.52. The molecule has 0 aromatic carbocycles. The van der Waals surface area contributed by atoms with Crippen molar-refractivity contribution in [1.29, 1.82) is 0 Å². The minimum atomic E-state index is 0.510. The first-order valence-electron chi connectivity index (χ1n) is 6.35. The van der Waals surface area contributed by atoms with E-state index in [0.717, 1.165) is 47.8 Å². The summed E-state index contributed by atoms with van der Waals surface area (Å²) in [5.41, 5.74) is 1.04. The molecule has 1 aliphatic rings. The number of nitrogens with zero attached hydrogens (tertiary/aromatic N) is 4. The van der Waals surface area contributed by atoms with Crippen molar-refractivity contribution < 1.29 is 0 Å². The lowest BCUT2D eigenvalue weighted by molar-refractivity contribution is 0.464.